The predicted molar refractivity (Wildman–Crippen MR) is 123 cm³/mol. The molecule has 8 heteroatoms. The summed E-state index contributed by atoms with van der Waals surface area (Å²) in [7, 11) is 0. The van der Waals surface area contributed by atoms with Gasteiger partial charge in [0.2, 0.25) is 0 Å². The van der Waals surface area contributed by atoms with Crippen LogP contribution in [0.3, 0.4) is 0 Å². The first-order valence-electron chi connectivity index (χ1n) is 11.0. The second-order valence-corrected chi connectivity index (χ2v) is 8.71. The summed E-state index contributed by atoms with van der Waals surface area (Å²) < 4.78 is 24.7. The van der Waals surface area contributed by atoms with Crippen LogP contribution >= 0.6 is 11.6 Å². The Bertz CT molecular complexity index is 831. The molecule has 1 aliphatic rings. The summed E-state index contributed by atoms with van der Waals surface area (Å²) in [5, 5.41) is 24.5. The van der Waals surface area contributed by atoms with Crippen molar-refractivity contribution >= 4 is 11.6 Å². The van der Waals surface area contributed by atoms with Gasteiger partial charge in [-0.1, -0.05) is 17.7 Å². The van der Waals surface area contributed by atoms with Crippen LogP contribution in [0.25, 0.3) is 0 Å². The molecule has 0 bridgehead atoms. The monoisotopic (exact) mass is 466 g/mol. The lowest BCUT2D eigenvalue weighted by Crippen LogP contribution is -2.47. The van der Waals surface area contributed by atoms with Crippen molar-refractivity contribution < 1.29 is 24.1 Å². The van der Waals surface area contributed by atoms with Crippen LogP contribution in [0.15, 0.2) is 42.5 Å². The maximum absolute atomic E-state index is 13.6. The minimum absolute atomic E-state index is 0.125. The highest BCUT2D eigenvalue weighted by Crippen LogP contribution is 2.17. The minimum atomic E-state index is -0.643. The third-order valence-corrected chi connectivity index (χ3v) is 5.79. The molecule has 1 aliphatic heterocycles. The quantitative estimate of drug-likeness (QED) is 0.473. The van der Waals surface area contributed by atoms with Crippen molar-refractivity contribution in [2.45, 2.75) is 38.0 Å². The zero-order chi connectivity index (χ0) is 22.9. The molecule has 6 nitrogen and oxygen atoms in total. The molecule has 176 valence electrons. The Morgan fingerprint density at radius 3 is 2.34 bits per heavy atom. The van der Waals surface area contributed by atoms with Gasteiger partial charge in [0.15, 0.2) is 0 Å². The van der Waals surface area contributed by atoms with E-state index in [2.05, 4.69) is 10.2 Å². The Morgan fingerprint density at radius 2 is 1.66 bits per heavy atom. The van der Waals surface area contributed by atoms with Gasteiger partial charge in [-0.15, -0.1) is 0 Å². The number of nitrogens with zero attached hydrogens (tertiary/aromatic N) is 1. The van der Waals surface area contributed by atoms with Crippen molar-refractivity contribution in [3.63, 3.8) is 0 Å². The Balaban J connectivity index is 1.28. The summed E-state index contributed by atoms with van der Waals surface area (Å²) in [6, 6.07) is 12.1. The van der Waals surface area contributed by atoms with Crippen LogP contribution in [0, 0.1) is 12.7 Å². The molecule has 2 atom stereocenters. The van der Waals surface area contributed by atoms with E-state index >= 15 is 0 Å². The smallest absolute Gasteiger partial charge is 0.129 e. The molecule has 0 aliphatic carbocycles. The second-order valence-electron chi connectivity index (χ2n) is 8.28. The number of hydrogen-bond acceptors (Lipinski definition) is 6. The standard InChI is InChI=1S/C24H32ClFN2O4/c1-17-2-5-23(12-24(17)26)32-16-21(30)14-28-10-8-19(9-11-28)27-13-20(29)15-31-22-6-3-18(25)4-7-22/h2-7,12,19-21,27,29-30H,8-11,13-16H2,1H3. The van der Waals surface area contributed by atoms with Crippen LogP contribution in [-0.4, -0.2) is 72.8 Å². The number of likely N-dealkylation sites (tertiary alicyclic amines) is 1. The lowest BCUT2D eigenvalue weighted by molar-refractivity contribution is 0.0555. The number of aliphatic hydroxyl groups excluding tert-OH is 2. The van der Waals surface area contributed by atoms with Crippen molar-refractivity contribution in [2.75, 3.05) is 39.4 Å². The molecular formula is C24H32ClFN2O4. The minimum Gasteiger partial charge on any atom is -0.491 e. The predicted octanol–water partition coefficient (Wildman–Crippen LogP) is 3.02. The molecule has 0 aromatic heterocycles. The highest BCUT2D eigenvalue weighted by atomic mass is 35.5. The van der Waals surface area contributed by atoms with Gasteiger partial charge in [-0.05, 0) is 68.8 Å². The van der Waals surface area contributed by atoms with Crippen LogP contribution < -0.4 is 14.8 Å². The number of aryl methyl sites for hydroxylation is 1. The second kappa shape index (κ2) is 12.4. The molecule has 1 heterocycles. The molecule has 32 heavy (non-hydrogen) atoms. The number of ether oxygens (including phenoxy) is 2. The summed E-state index contributed by atoms with van der Waals surface area (Å²) in [6.45, 7) is 4.71. The highest BCUT2D eigenvalue weighted by Gasteiger charge is 2.21. The van der Waals surface area contributed by atoms with Gasteiger partial charge in [0.05, 0.1) is 0 Å². The van der Waals surface area contributed by atoms with E-state index in [1.165, 1.54) is 6.07 Å². The molecular weight excluding hydrogens is 435 g/mol. The van der Waals surface area contributed by atoms with Crippen LogP contribution in [0.1, 0.15) is 18.4 Å². The van der Waals surface area contributed by atoms with E-state index in [1.807, 2.05) is 0 Å². The average Bonchev–Trinajstić information content (AvgIpc) is 2.79. The zero-order valence-electron chi connectivity index (χ0n) is 18.3. The molecule has 0 amide bonds. The normalized spacial score (nSPS) is 17.2. The Kier molecular flexibility index (Phi) is 9.56. The molecule has 1 fully saturated rings. The molecule has 0 saturated carbocycles. The number of benzene rings is 2. The van der Waals surface area contributed by atoms with Gasteiger partial charge in [-0.3, -0.25) is 0 Å². The molecule has 2 unspecified atom stereocenters. The summed E-state index contributed by atoms with van der Waals surface area (Å²) in [4.78, 5) is 2.20. The molecule has 0 spiro atoms. The van der Waals surface area contributed by atoms with Gasteiger partial charge in [-0.25, -0.2) is 4.39 Å². The fourth-order valence-corrected chi connectivity index (χ4v) is 3.74. The molecule has 0 radical (unpaired) electrons. The van der Waals surface area contributed by atoms with Gasteiger partial charge in [0.25, 0.3) is 0 Å². The maximum Gasteiger partial charge on any atom is 0.129 e. The summed E-state index contributed by atoms with van der Waals surface area (Å²) >= 11 is 5.85. The van der Waals surface area contributed by atoms with Crippen molar-refractivity contribution in [2.24, 2.45) is 0 Å². The molecule has 3 rings (SSSR count). The number of β-amino-alcohol motifs (C(OH)–C–C–N with tert-alkyl or cyclic N) is 1. The third-order valence-electron chi connectivity index (χ3n) is 5.54. The Hall–Kier alpha value is -1.90. The van der Waals surface area contributed by atoms with E-state index in [1.54, 1.807) is 43.3 Å². The van der Waals surface area contributed by atoms with Crippen molar-refractivity contribution in [1.82, 2.24) is 10.2 Å². The fraction of sp³-hybridized carbons (Fsp3) is 0.500. The van der Waals surface area contributed by atoms with Gasteiger partial charge in [-0.2, -0.15) is 0 Å². The average molecular weight is 467 g/mol. The highest BCUT2D eigenvalue weighted by molar-refractivity contribution is 6.30. The SMILES string of the molecule is Cc1ccc(OCC(O)CN2CCC(NCC(O)COc3ccc(Cl)cc3)CC2)cc1F. The van der Waals surface area contributed by atoms with Gasteiger partial charge < -0.3 is 29.9 Å². The van der Waals surface area contributed by atoms with E-state index < -0.39 is 12.2 Å². The van der Waals surface area contributed by atoms with Crippen LogP contribution in [0.4, 0.5) is 4.39 Å². The molecule has 1 saturated heterocycles. The number of aliphatic hydroxyl groups is 2. The van der Waals surface area contributed by atoms with Gasteiger partial charge >= 0.3 is 0 Å². The lowest BCUT2D eigenvalue weighted by Gasteiger charge is -2.33. The van der Waals surface area contributed by atoms with Crippen molar-refractivity contribution in [3.8, 4) is 11.5 Å². The van der Waals surface area contributed by atoms with Crippen LogP contribution in [0.2, 0.25) is 5.02 Å². The number of hydrogen-bond donors (Lipinski definition) is 3. The number of halogens is 2. The number of nitrogens with one attached hydrogen (secondary N) is 1. The summed E-state index contributed by atoms with van der Waals surface area (Å²) in [6.07, 6.45) is 0.619. The maximum atomic E-state index is 13.6. The first kappa shape index (κ1) is 24.7. The van der Waals surface area contributed by atoms with Crippen molar-refractivity contribution in [3.05, 3.63) is 58.9 Å². The van der Waals surface area contributed by atoms with Crippen LogP contribution in [0.5, 0.6) is 11.5 Å². The van der Waals surface area contributed by atoms with E-state index in [-0.39, 0.29) is 19.0 Å². The fourth-order valence-electron chi connectivity index (χ4n) is 3.61. The lowest BCUT2D eigenvalue weighted by atomic mass is 10.0. The first-order chi connectivity index (χ1) is 15.4. The number of piperidine rings is 1. The first-order valence-corrected chi connectivity index (χ1v) is 11.4. The van der Waals surface area contributed by atoms with E-state index in [0.29, 0.717) is 41.2 Å². The largest absolute Gasteiger partial charge is 0.491 e. The summed E-state index contributed by atoms with van der Waals surface area (Å²) in [5.41, 5.74) is 0.566. The summed E-state index contributed by atoms with van der Waals surface area (Å²) in [5.74, 6) is 0.790. The topological polar surface area (TPSA) is 74.2 Å². The van der Waals surface area contributed by atoms with E-state index in [0.717, 1.165) is 25.9 Å². The zero-order valence-corrected chi connectivity index (χ0v) is 19.1. The van der Waals surface area contributed by atoms with E-state index in [9.17, 15) is 14.6 Å². The Morgan fingerprint density at radius 1 is 1.03 bits per heavy atom. The van der Waals surface area contributed by atoms with Gasteiger partial charge in [0.1, 0.15) is 42.7 Å². The van der Waals surface area contributed by atoms with Gasteiger partial charge in [0, 0.05) is 30.2 Å². The molecule has 2 aromatic carbocycles. The van der Waals surface area contributed by atoms with Crippen molar-refractivity contribution in [1.29, 1.82) is 0 Å². The van der Waals surface area contributed by atoms with E-state index in [4.69, 9.17) is 21.1 Å². The Labute approximate surface area is 193 Å². The third kappa shape index (κ3) is 8.22. The van der Waals surface area contributed by atoms with Crippen LogP contribution in [-0.2, 0) is 0 Å². The number of rotatable bonds is 11. The molecule has 2 aromatic rings. The molecule has 3 N–H and O–H groups in total.